The van der Waals surface area contributed by atoms with Gasteiger partial charge < -0.3 is 19.5 Å². The largest absolute Gasteiger partial charge is 0.454 e. The molecule has 0 saturated carbocycles. The smallest absolute Gasteiger partial charge is 0.258 e. The maximum absolute atomic E-state index is 13.6. The molecule has 7 heteroatoms. The molecule has 3 heterocycles. The van der Waals surface area contributed by atoms with Gasteiger partial charge in [0.05, 0.1) is 6.61 Å². The zero-order chi connectivity index (χ0) is 22.5. The van der Waals surface area contributed by atoms with Crippen molar-refractivity contribution in [2.75, 3.05) is 24.8 Å². The Morgan fingerprint density at radius 2 is 1.82 bits per heavy atom. The molecule has 6 nitrogen and oxygen atoms in total. The van der Waals surface area contributed by atoms with Crippen molar-refractivity contribution in [2.45, 2.75) is 24.5 Å². The lowest BCUT2D eigenvalue weighted by molar-refractivity contribution is -0.0488. The molecule has 0 aliphatic carbocycles. The number of carbonyl (C=O) groups is 1. The van der Waals surface area contributed by atoms with E-state index in [0.29, 0.717) is 35.2 Å². The van der Waals surface area contributed by atoms with Crippen molar-refractivity contribution in [3.63, 3.8) is 0 Å². The lowest BCUT2D eigenvalue weighted by atomic mass is 9.71. The van der Waals surface area contributed by atoms with Crippen LogP contribution >= 0.6 is 11.6 Å². The summed E-state index contributed by atoms with van der Waals surface area (Å²) in [5.74, 6) is 1.33. The number of para-hydroxylation sites is 1. The Kier molecular flexibility index (Phi) is 5.02. The van der Waals surface area contributed by atoms with Crippen LogP contribution in [0.5, 0.6) is 11.5 Å². The molecule has 3 aliphatic rings. The number of hydrogen-bond donors (Lipinski definition) is 1. The summed E-state index contributed by atoms with van der Waals surface area (Å²) in [6.07, 6.45) is 0. The van der Waals surface area contributed by atoms with E-state index in [1.165, 1.54) is 0 Å². The lowest BCUT2D eigenvalue weighted by Gasteiger charge is -2.59. The van der Waals surface area contributed by atoms with Gasteiger partial charge in [0.25, 0.3) is 5.91 Å². The summed E-state index contributed by atoms with van der Waals surface area (Å²) in [5, 5.41) is 10.9. The molecular formula is C26H23ClN2O4. The predicted octanol–water partition coefficient (Wildman–Crippen LogP) is 4.06. The van der Waals surface area contributed by atoms with Crippen LogP contribution in [0.3, 0.4) is 0 Å². The van der Waals surface area contributed by atoms with Crippen LogP contribution in [0.2, 0.25) is 5.02 Å². The first kappa shape index (κ1) is 20.5. The summed E-state index contributed by atoms with van der Waals surface area (Å²) in [6.45, 7) is 1.38. The molecule has 0 radical (unpaired) electrons. The van der Waals surface area contributed by atoms with Crippen molar-refractivity contribution >= 4 is 23.2 Å². The third-order valence-electron chi connectivity index (χ3n) is 7.00. The van der Waals surface area contributed by atoms with Crippen molar-refractivity contribution in [1.29, 1.82) is 0 Å². The third-order valence-corrected chi connectivity index (χ3v) is 7.37. The van der Waals surface area contributed by atoms with Crippen LogP contribution in [0.4, 0.5) is 5.69 Å². The van der Waals surface area contributed by atoms with Crippen LogP contribution in [0.1, 0.15) is 27.4 Å². The number of aliphatic hydroxyl groups excluding tert-OH is 1. The number of likely N-dealkylation sites (tertiary alicyclic amines) is 1. The van der Waals surface area contributed by atoms with E-state index >= 15 is 0 Å². The molecule has 3 aromatic rings. The quantitative estimate of drug-likeness (QED) is 0.633. The number of benzene rings is 3. The minimum atomic E-state index is -0.0793. The molecule has 6 rings (SSSR count). The van der Waals surface area contributed by atoms with Gasteiger partial charge in [-0.15, -0.1) is 0 Å². The number of rotatable bonds is 4. The lowest BCUT2D eigenvalue weighted by Crippen LogP contribution is -2.68. The topological polar surface area (TPSA) is 62.2 Å². The average molecular weight is 463 g/mol. The Labute approximate surface area is 196 Å². The number of ether oxygens (including phenoxy) is 2. The highest BCUT2D eigenvalue weighted by Crippen LogP contribution is 2.49. The van der Waals surface area contributed by atoms with E-state index in [-0.39, 0.29) is 37.3 Å². The predicted molar refractivity (Wildman–Crippen MR) is 125 cm³/mol. The first-order valence-electron chi connectivity index (χ1n) is 11.1. The second kappa shape index (κ2) is 8.06. The third kappa shape index (κ3) is 3.29. The van der Waals surface area contributed by atoms with Gasteiger partial charge in [-0.25, -0.2) is 0 Å². The van der Waals surface area contributed by atoms with Gasteiger partial charge in [-0.3, -0.25) is 9.69 Å². The number of amides is 1. The molecule has 0 aromatic heterocycles. The van der Waals surface area contributed by atoms with E-state index in [1.807, 2.05) is 47.4 Å². The SMILES string of the molecule is O=C(c1ccc2c(c1)OCO2)N1C[C@@H]2[C@H](c3ccccc31)[C@@H](CO)N2Cc1ccccc1Cl. The summed E-state index contributed by atoms with van der Waals surface area (Å²) in [5.41, 5.74) is 3.57. The highest BCUT2D eigenvalue weighted by atomic mass is 35.5. The normalized spacial score (nSPS) is 23.0. The fourth-order valence-electron chi connectivity index (χ4n) is 5.40. The van der Waals surface area contributed by atoms with Gasteiger partial charge in [0.15, 0.2) is 11.5 Å². The molecular weight excluding hydrogens is 440 g/mol. The second-order valence-electron chi connectivity index (χ2n) is 8.65. The van der Waals surface area contributed by atoms with Gasteiger partial charge in [0, 0.05) is 47.4 Å². The molecule has 3 atom stereocenters. The minimum Gasteiger partial charge on any atom is -0.454 e. The zero-order valence-corrected chi connectivity index (χ0v) is 18.6. The van der Waals surface area contributed by atoms with Gasteiger partial charge in [0.2, 0.25) is 6.79 Å². The first-order chi connectivity index (χ1) is 16.2. The van der Waals surface area contributed by atoms with E-state index in [1.54, 1.807) is 18.2 Å². The molecule has 3 aliphatic heterocycles. The zero-order valence-electron chi connectivity index (χ0n) is 17.9. The summed E-state index contributed by atoms with van der Waals surface area (Å²) < 4.78 is 10.9. The molecule has 1 amide bonds. The minimum absolute atomic E-state index is 0.0183. The summed E-state index contributed by atoms with van der Waals surface area (Å²) in [4.78, 5) is 17.8. The molecule has 0 unspecified atom stereocenters. The highest BCUT2D eigenvalue weighted by Gasteiger charge is 2.53. The summed E-state index contributed by atoms with van der Waals surface area (Å²) >= 11 is 6.43. The molecule has 0 bridgehead atoms. The van der Waals surface area contributed by atoms with Crippen LogP contribution < -0.4 is 14.4 Å². The van der Waals surface area contributed by atoms with Gasteiger partial charge in [0.1, 0.15) is 0 Å². The maximum atomic E-state index is 13.6. The van der Waals surface area contributed by atoms with E-state index in [4.69, 9.17) is 21.1 Å². The molecule has 1 N–H and O–H groups in total. The summed E-state index contributed by atoms with van der Waals surface area (Å²) in [6, 6.07) is 21.2. The van der Waals surface area contributed by atoms with E-state index in [9.17, 15) is 9.90 Å². The van der Waals surface area contributed by atoms with Crippen molar-refractivity contribution in [2.24, 2.45) is 0 Å². The molecule has 168 valence electrons. The fraction of sp³-hybridized carbons (Fsp3) is 0.269. The monoisotopic (exact) mass is 462 g/mol. The molecule has 1 saturated heterocycles. The standard InChI is InChI=1S/C26H23ClN2O4/c27-19-7-3-1-5-17(19)12-28-21-13-29(20-8-4-2-6-18(20)25(21)22(28)14-30)26(31)16-9-10-23-24(11-16)33-15-32-23/h1-11,21-22,25,30H,12-15H2/t21-,22-,25+/m1/s1. The van der Waals surface area contributed by atoms with Crippen LogP contribution in [0.15, 0.2) is 66.7 Å². The molecule has 33 heavy (non-hydrogen) atoms. The van der Waals surface area contributed by atoms with Crippen LogP contribution in [-0.2, 0) is 6.54 Å². The Morgan fingerprint density at radius 3 is 2.67 bits per heavy atom. The van der Waals surface area contributed by atoms with Crippen LogP contribution in [-0.4, -0.2) is 47.9 Å². The van der Waals surface area contributed by atoms with Crippen molar-refractivity contribution in [3.8, 4) is 11.5 Å². The Bertz CT molecular complexity index is 1230. The Balaban J connectivity index is 1.35. The molecule has 0 spiro atoms. The van der Waals surface area contributed by atoms with Crippen molar-refractivity contribution in [3.05, 3.63) is 88.4 Å². The number of anilines is 1. The van der Waals surface area contributed by atoms with Gasteiger partial charge >= 0.3 is 0 Å². The van der Waals surface area contributed by atoms with Crippen LogP contribution in [0.25, 0.3) is 0 Å². The number of halogens is 1. The maximum Gasteiger partial charge on any atom is 0.258 e. The molecule has 3 aromatic carbocycles. The van der Waals surface area contributed by atoms with E-state index in [0.717, 1.165) is 16.8 Å². The van der Waals surface area contributed by atoms with Gasteiger partial charge in [-0.05, 0) is 41.5 Å². The average Bonchev–Trinajstić information content (AvgIpc) is 3.31. The van der Waals surface area contributed by atoms with E-state index < -0.39 is 0 Å². The number of nitrogens with zero attached hydrogens (tertiary/aromatic N) is 2. The highest BCUT2D eigenvalue weighted by molar-refractivity contribution is 6.31. The number of carbonyl (C=O) groups excluding carboxylic acids is 1. The van der Waals surface area contributed by atoms with Crippen molar-refractivity contribution in [1.82, 2.24) is 4.90 Å². The van der Waals surface area contributed by atoms with Gasteiger partial charge in [-0.1, -0.05) is 48.0 Å². The molecule has 1 fully saturated rings. The number of fused-ring (bicyclic) bond motifs is 4. The summed E-state index contributed by atoms with van der Waals surface area (Å²) in [7, 11) is 0. The Morgan fingerprint density at radius 1 is 1.03 bits per heavy atom. The Hall–Kier alpha value is -3.06. The number of hydrogen-bond acceptors (Lipinski definition) is 5. The first-order valence-corrected chi connectivity index (χ1v) is 11.4. The number of aliphatic hydroxyl groups is 1. The second-order valence-corrected chi connectivity index (χ2v) is 9.06. The van der Waals surface area contributed by atoms with Crippen LogP contribution in [0, 0.1) is 0 Å². The van der Waals surface area contributed by atoms with Crippen molar-refractivity contribution < 1.29 is 19.4 Å². The van der Waals surface area contributed by atoms with Gasteiger partial charge in [-0.2, -0.15) is 0 Å². The van der Waals surface area contributed by atoms with E-state index in [2.05, 4.69) is 11.0 Å². The fourth-order valence-corrected chi connectivity index (χ4v) is 5.60.